The van der Waals surface area contributed by atoms with Crippen LogP contribution in [0.3, 0.4) is 0 Å². The third-order valence-corrected chi connectivity index (χ3v) is 6.73. The third kappa shape index (κ3) is 8.77. The van der Waals surface area contributed by atoms with E-state index in [-0.39, 0.29) is 16.6 Å². The molecule has 0 bridgehead atoms. The smallest absolute Gasteiger partial charge is 0.414 e. The van der Waals surface area contributed by atoms with Crippen LogP contribution in [0.4, 0.5) is 5.69 Å². The summed E-state index contributed by atoms with van der Waals surface area (Å²) in [6.07, 6.45) is -0.916. The number of amides is 1. The number of carboxylic acids is 2. The molecule has 2 aromatic rings. The van der Waals surface area contributed by atoms with Gasteiger partial charge < -0.3 is 35.0 Å². The number of carboxylic acid groups (broad SMARTS) is 2. The quantitative estimate of drug-likeness (QED) is 0.395. The van der Waals surface area contributed by atoms with E-state index >= 15 is 0 Å². The van der Waals surface area contributed by atoms with Crippen molar-refractivity contribution in [3.63, 3.8) is 0 Å². The Morgan fingerprint density at radius 1 is 1.05 bits per heavy atom. The predicted octanol–water partition coefficient (Wildman–Crippen LogP) is 2.09. The fraction of sp³-hybridized carbons (Fsp3) is 0.360. The molecule has 0 aromatic heterocycles. The highest BCUT2D eigenvalue weighted by atomic mass is 32.2. The number of ether oxygens (including phenoxy) is 2. The lowest BCUT2D eigenvalue weighted by molar-refractivity contribution is -0.159. The van der Waals surface area contributed by atoms with Gasteiger partial charge in [-0.05, 0) is 43.4 Å². The number of hydrogen-bond acceptors (Lipinski definition) is 8. The number of nitrogens with zero attached hydrogens (tertiary/aromatic N) is 2. The maximum Gasteiger partial charge on any atom is 0.414 e. The normalized spacial score (nSPS) is 16.4. The van der Waals surface area contributed by atoms with E-state index in [1.165, 1.54) is 6.92 Å². The van der Waals surface area contributed by atoms with E-state index in [1.807, 2.05) is 55.6 Å². The molecule has 1 aliphatic rings. The summed E-state index contributed by atoms with van der Waals surface area (Å²) in [5, 5.41) is 14.4. The molecule has 3 rings (SSSR count). The first-order valence-corrected chi connectivity index (χ1v) is 12.0. The second kappa shape index (κ2) is 14.8. The van der Waals surface area contributed by atoms with E-state index in [2.05, 4.69) is 11.8 Å². The number of carbonyl (C=O) groups excluding carboxylic acids is 2. The molecule has 4 N–H and O–H groups in total. The summed E-state index contributed by atoms with van der Waals surface area (Å²) in [4.78, 5) is 48.6. The zero-order valence-corrected chi connectivity index (χ0v) is 21.9. The van der Waals surface area contributed by atoms with E-state index < -0.39 is 24.0 Å². The van der Waals surface area contributed by atoms with Crippen LogP contribution in [-0.4, -0.2) is 84.3 Å². The molecule has 2 atom stereocenters. The predicted molar refractivity (Wildman–Crippen MR) is 138 cm³/mol. The van der Waals surface area contributed by atoms with Crippen molar-refractivity contribution in [3.8, 4) is 5.75 Å². The maximum absolute atomic E-state index is 13.6. The number of esters is 1. The Hall–Kier alpha value is -3.61. The average Bonchev–Trinajstić information content (AvgIpc) is 2.97. The Labute approximate surface area is 219 Å². The number of hydrogen-bond donors (Lipinski definition) is 2. The molecule has 12 heteroatoms. The van der Waals surface area contributed by atoms with Crippen LogP contribution in [0, 0.1) is 0 Å². The molecule has 11 nitrogen and oxygen atoms in total. The number of methoxy groups -OCH3 is 1. The molecule has 0 saturated carbocycles. The number of rotatable bonds is 7. The molecule has 1 amide bonds. The van der Waals surface area contributed by atoms with Crippen molar-refractivity contribution >= 4 is 41.3 Å². The molecule has 0 fully saturated rings. The van der Waals surface area contributed by atoms with Crippen LogP contribution in [0.1, 0.15) is 24.7 Å². The Kier molecular flexibility index (Phi) is 12.6. The first kappa shape index (κ1) is 31.4. The molecule has 37 heavy (non-hydrogen) atoms. The van der Waals surface area contributed by atoms with Gasteiger partial charge in [-0.15, -0.1) is 11.8 Å². The number of aliphatic carboxylic acids is 2. The first-order valence-electron chi connectivity index (χ1n) is 11.1. The molecule has 0 radical (unpaired) electrons. The van der Waals surface area contributed by atoms with Gasteiger partial charge in [0.25, 0.3) is 5.91 Å². The minimum absolute atomic E-state index is 0. The summed E-state index contributed by atoms with van der Waals surface area (Å²) in [5.74, 6) is -3.58. The number of anilines is 1. The van der Waals surface area contributed by atoms with Crippen molar-refractivity contribution in [2.75, 3.05) is 38.7 Å². The van der Waals surface area contributed by atoms with Gasteiger partial charge >= 0.3 is 17.9 Å². The molecule has 0 aliphatic carbocycles. The monoisotopic (exact) mass is 536 g/mol. The Bertz CT molecular complexity index is 1070. The lowest BCUT2D eigenvalue weighted by Gasteiger charge is -2.28. The second-order valence-electron chi connectivity index (χ2n) is 7.81. The summed E-state index contributed by atoms with van der Waals surface area (Å²) in [5.41, 5.74) is 1.76. The second-order valence-corrected chi connectivity index (χ2v) is 8.99. The Balaban J connectivity index is 0.000000876. The lowest BCUT2D eigenvalue weighted by Crippen LogP contribution is -2.45. The van der Waals surface area contributed by atoms with Gasteiger partial charge in [0.15, 0.2) is 6.10 Å². The van der Waals surface area contributed by atoms with Gasteiger partial charge in [-0.3, -0.25) is 9.59 Å². The minimum atomic E-state index is -1.82. The minimum Gasteiger partial charge on any atom is -0.497 e. The van der Waals surface area contributed by atoms with Gasteiger partial charge in [0.2, 0.25) is 0 Å². The van der Waals surface area contributed by atoms with Crippen LogP contribution in [-0.2, 0) is 23.9 Å². The van der Waals surface area contributed by atoms with Crippen molar-refractivity contribution in [3.05, 3.63) is 54.1 Å². The third-order valence-electron chi connectivity index (χ3n) is 5.36. The fourth-order valence-electron chi connectivity index (χ4n) is 3.37. The van der Waals surface area contributed by atoms with Crippen LogP contribution >= 0.6 is 11.8 Å². The molecule has 2 aromatic carbocycles. The summed E-state index contributed by atoms with van der Waals surface area (Å²) in [6.45, 7) is 5.56. The van der Waals surface area contributed by atoms with Crippen LogP contribution in [0.25, 0.3) is 0 Å². The molecular formula is C25H32N2O9S. The number of carbonyl (C=O) groups is 4. The van der Waals surface area contributed by atoms with E-state index in [9.17, 15) is 9.59 Å². The van der Waals surface area contributed by atoms with Gasteiger partial charge in [-0.25, -0.2) is 9.59 Å². The fourth-order valence-corrected chi connectivity index (χ4v) is 4.69. The number of para-hydroxylation sites is 1. The average molecular weight is 537 g/mol. The van der Waals surface area contributed by atoms with Crippen LogP contribution < -0.4 is 9.64 Å². The summed E-state index contributed by atoms with van der Waals surface area (Å²) in [7, 11) is 3.63. The molecule has 0 saturated heterocycles. The van der Waals surface area contributed by atoms with E-state index in [4.69, 9.17) is 29.3 Å². The molecular weight excluding hydrogens is 504 g/mol. The van der Waals surface area contributed by atoms with Crippen LogP contribution in [0.15, 0.2) is 53.4 Å². The summed E-state index contributed by atoms with van der Waals surface area (Å²) < 4.78 is 10.9. The van der Waals surface area contributed by atoms with Crippen molar-refractivity contribution in [1.29, 1.82) is 0 Å². The first-order chi connectivity index (χ1) is 17.1. The van der Waals surface area contributed by atoms with Crippen LogP contribution in [0.2, 0.25) is 0 Å². The maximum atomic E-state index is 13.6. The topological polar surface area (TPSA) is 165 Å². The zero-order chi connectivity index (χ0) is 26.8. The van der Waals surface area contributed by atoms with Gasteiger partial charge in [0.05, 0.1) is 18.0 Å². The molecule has 1 heterocycles. The van der Waals surface area contributed by atoms with Gasteiger partial charge in [-0.2, -0.15) is 0 Å². The van der Waals surface area contributed by atoms with Gasteiger partial charge in [-0.1, -0.05) is 31.2 Å². The van der Waals surface area contributed by atoms with E-state index in [0.29, 0.717) is 6.54 Å². The van der Waals surface area contributed by atoms with Crippen LogP contribution in [0.5, 0.6) is 5.75 Å². The SMILES string of the molecule is CCN(C)CCN1C(=O)[C@@H](OC(C)=O)[C@@H](c2ccc(OC)cc2)Sc2ccccc21.O.O=C(O)C(=O)O. The number of likely N-dealkylation sites (N-methyl/N-ethyl adjacent to an activating group) is 1. The number of benzene rings is 2. The zero-order valence-electron chi connectivity index (χ0n) is 21.0. The van der Waals surface area contributed by atoms with Crippen molar-refractivity contribution < 1.29 is 44.3 Å². The Morgan fingerprint density at radius 3 is 2.16 bits per heavy atom. The van der Waals surface area contributed by atoms with E-state index in [0.717, 1.165) is 35.0 Å². The van der Waals surface area contributed by atoms with Gasteiger partial charge in [0, 0.05) is 24.9 Å². The highest BCUT2D eigenvalue weighted by molar-refractivity contribution is 7.99. The summed E-state index contributed by atoms with van der Waals surface area (Å²) >= 11 is 1.55. The largest absolute Gasteiger partial charge is 0.497 e. The highest BCUT2D eigenvalue weighted by Crippen LogP contribution is 2.46. The Morgan fingerprint density at radius 2 is 1.65 bits per heavy atom. The standard InChI is InChI=1S/C23H28N2O4S.C2H2O4.H2O/c1-5-24(3)14-15-25-19-8-6-7-9-20(19)30-22(21(23(25)27)29-16(2)26)17-10-12-18(28-4)13-11-17;3-1(4)2(5)6;/h6-13,21-22H,5,14-15H2,1-4H3;(H,3,4)(H,5,6);1H2/t21-,22+;;/m0../s1. The molecule has 0 unspecified atom stereocenters. The number of thioether (sulfide) groups is 1. The highest BCUT2D eigenvalue weighted by Gasteiger charge is 2.40. The molecule has 0 spiro atoms. The van der Waals surface area contributed by atoms with E-state index in [1.54, 1.807) is 23.8 Å². The number of fused-ring (bicyclic) bond motifs is 1. The summed E-state index contributed by atoms with van der Waals surface area (Å²) in [6, 6.07) is 15.4. The lowest BCUT2D eigenvalue weighted by atomic mass is 10.1. The van der Waals surface area contributed by atoms with Crippen molar-refractivity contribution in [2.24, 2.45) is 0 Å². The van der Waals surface area contributed by atoms with Crippen molar-refractivity contribution in [2.45, 2.75) is 30.1 Å². The van der Waals surface area contributed by atoms with Gasteiger partial charge in [0.1, 0.15) is 5.75 Å². The molecule has 202 valence electrons. The van der Waals surface area contributed by atoms with Crippen molar-refractivity contribution in [1.82, 2.24) is 4.90 Å². The molecule has 1 aliphatic heterocycles.